The first-order valence-corrected chi connectivity index (χ1v) is 6.44. The normalized spacial score (nSPS) is 10.6. The van der Waals surface area contributed by atoms with E-state index in [2.05, 4.69) is 0 Å². The number of hydrogen-bond donors (Lipinski definition) is 3. The highest BCUT2D eigenvalue weighted by molar-refractivity contribution is 5.74. The topological polar surface area (TPSA) is 60.7 Å². The van der Waals surface area contributed by atoms with Crippen LogP contribution in [0, 0.1) is 0 Å². The third-order valence-electron chi connectivity index (χ3n) is 3.37. The van der Waals surface area contributed by atoms with Gasteiger partial charge in [-0.25, -0.2) is 0 Å². The summed E-state index contributed by atoms with van der Waals surface area (Å²) in [6.07, 6.45) is 1.27. The Morgan fingerprint density at radius 2 is 1.47 bits per heavy atom. The standard InChI is InChI=1S/C16H18O3/c1-3-10-9-14(11-5-7-12(17)8-6-11)13(4-2)16(19)15(10)18/h5-9,17-19H,3-4H2,1-2H3. The van der Waals surface area contributed by atoms with E-state index in [-0.39, 0.29) is 17.2 Å². The Kier molecular flexibility index (Phi) is 3.65. The third-order valence-corrected chi connectivity index (χ3v) is 3.37. The Labute approximate surface area is 112 Å². The number of phenols is 3. The molecule has 2 rings (SSSR count). The summed E-state index contributed by atoms with van der Waals surface area (Å²) in [7, 11) is 0. The molecule has 0 atom stereocenters. The summed E-state index contributed by atoms with van der Waals surface area (Å²) in [5.74, 6) is 0.146. The van der Waals surface area contributed by atoms with Crippen molar-refractivity contribution in [2.75, 3.05) is 0 Å². The predicted molar refractivity (Wildman–Crippen MR) is 75.6 cm³/mol. The summed E-state index contributed by atoms with van der Waals surface area (Å²) in [6, 6.07) is 8.74. The van der Waals surface area contributed by atoms with Gasteiger partial charge in [-0.3, -0.25) is 0 Å². The van der Waals surface area contributed by atoms with E-state index >= 15 is 0 Å². The van der Waals surface area contributed by atoms with Gasteiger partial charge in [-0.15, -0.1) is 0 Å². The molecular weight excluding hydrogens is 240 g/mol. The van der Waals surface area contributed by atoms with Gasteiger partial charge in [0.1, 0.15) is 5.75 Å². The lowest BCUT2D eigenvalue weighted by Crippen LogP contribution is -1.93. The molecule has 0 unspecified atom stereocenters. The molecule has 2 aromatic carbocycles. The van der Waals surface area contributed by atoms with Gasteiger partial charge in [0, 0.05) is 5.56 Å². The number of benzene rings is 2. The molecule has 0 bridgehead atoms. The molecular formula is C16H18O3. The zero-order valence-electron chi connectivity index (χ0n) is 11.1. The quantitative estimate of drug-likeness (QED) is 0.737. The Morgan fingerprint density at radius 3 is 2.00 bits per heavy atom. The molecule has 0 saturated carbocycles. The van der Waals surface area contributed by atoms with Crippen LogP contribution >= 0.6 is 0 Å². The van der Waals surface area contributed by atoms with Crippen LogP contribution in [0.1, 0.15) is 25.0 Å². The van der Waals surface area contributed by atoms with Crippen molar-refractivity contribution >= 4 is 0 Å². The SMILES string of the molecule is CCc1cc(-c2ccc(O)cc2)c(CC)c(O)c1O. The maximum absolute atomic E-state index is 10.1. The minimum Gasteiger partial charge on any atom is -0.508 e. The van der Waals surface area contributed by atoms with Crippen LogP contribution in [0.3, 0.4) is 0 Å². The summed E-state index contributed by atoms with van der Waals surface area (Å²) in [5, 5.41) is 29.4. The van der Waals surface area contributed by atoms with Gasteiger partial charge in [0.15, 0.2) is 11.5 Å². The molecule has 0 radical (unpaired) electrons. The predicted octanol–water partition coefficient (Wildman–Crippen LogP) is 3.60. The maximum atomic E-state index is 10.1. The van der Waals surface area contributed by atoms with Gasteiger partial charge in [0.05, 0.1) is 0 Å². The molecule has 0 aromatic heterocycles. The highest BCUT2D eigenvalue weighted by Crippen LogP contribution is 2.40. The summed E-state index contributed by atoms with van der Waals surface area (Å²) < 4.78 is 0. The molecule has 0 amide bonds. The Balaban J connectivity index is 2.67. The summed E-state index contributed by atoms with van der Waals surface area (Å²) in [4.78, 5) is 0. The number of hydrogen-bond acceptors (Lipinski definition) is 3. The number of aryl methyl sites for hydroxylation is 1. The zero-order valence-corrected chi connectivity index (χ0v) is 11.1. The maximum Gasteiger partial charge on any atom is 0.161 e. The number of rotatable bonds is 3. The van der Waals surface area contributed by atoms with Crippen LogP contribution in [0.4, 0.5) is 0 Å². The molecule has 2 aromatic rings. The van der Waals surface area contributed by atoms with Gasteiger partial charge in [-0.2, -0.15) is 0 Å². The van der Waals surface area contributed by atoms with E-state index in [0.717, 1.165) is 22.3 Å². The van der Waals surface area contributed by atoms with Crippen molar-refractivity contribution in [2.24, 2.45) is 0 Å². The Morgan fingerprint density at radius 1 is 0.842 bits per heavy atom. The first-order valence-electron chi connectivity index (χ1n) is 6.44. The second-order valence-electron chi connectivity index (χ2n) is 4.51. The van der Waals surface area contributed by atoms with Crippen LogP contribution in [0.2, 0.25) is 0 Å². The smallest absolute Gasteiger partial charge is 0.161 e. The lowest BCUT2D eigenvalue weighted by atomic mass is 9.93. The van der Waals surface area contributed by atoms with E-state index < -0.39 is 0 Å². The van der Waals surface area contributed by atoms with Crippen molar-refractivity contribution < 1.29 is 15.3 Å². The van der Waals surface area contributed by atoms with E-state index in [1.54, 1.807) is 24.3 Å². The molecule has 0 aliphatic heterocycles. The van der Waals surface area contributed by atoms with Crippen LogP contribution < -0.4 is 0 Å². The summed E-state index contributed by atoms with van der Waals surface area (Å²) >= 11 is 0. The first-order chi connectivity index (χ1) is 9.08. The average molecular weight is 258 g/mol. The average Bonchev–Trinajstić information content (AvgIpc) is 2.42. The summed E-state index contributed by atoms with van der Waals surface area (Å²) in [5.41, 5.74) is 3.26. The highest BCUT2D eigenvalue weighted by Gasteiger charge is 2.16. The monoisotopic (exact) mass is 258 g/mol. The van der Waals surface area contributed by atoms with E-state index in [0.29, 0.717) is 12.8 Å². The van der Waals surface area contributed by atoms with E-state index in [9.17, 15) is 15.3 Å². The molecule has 0 aliphatic rings. The van der Waals surface area contributed by atoms with Crippen LogP contribution in [0.25, 0.3) is 11.1 Å². The van der Waals surface area contributed by atoms with Crippen LogP contribution in [-0.2, 0) is 12.8 Å². The number of phenolic OH excluding ortho intramolecular Hbond substituents is 3. The minimum absolute atomic E-state index is 0.0260. The molecule has 3 N–H and O–H groups in total. The molecule has 0 heterocycles. The second kappa shape index (κ2) is 5.22. The third kappa shape index (κ3) is 2.36. The lowest BCUT2D eigenvalue weighted by Gasteiger charge is -2.15. The number of aromatic hydroxyl groups is 3. The van der Waals surface area contributed by atoms with E-state index in [4.69, 9.17) is 0 Å². The molecule has 3 nitrogen and oxygen atoms in total. The van der Waals surface area contributed by atoms with Crippen molar-refractivity contribution in [2.45, 2.75) is 26.7 Å². The fourth-order valence-corrected chi connectivity index (χ4v) is 2.28. The van der Waals surface area contributed by atoms with Gasteiger partial charge < -0.3 is 15.3 Å². The van der Waals surface area contributed by atoms with Crippen LogP contribution in [-0.4, -0.2) is 15.3 Å². The van der Waals surface area contributed by atoms with Crippen LogP contribution in [0.15, 0.2) is 30.3 Å². The Bertz CT molecular complexity index is 586. The second-order valence-corrected chi connectivity index (χ2v) is 4.51. The van der Waals surface area contributed by atoms with Gasteiger partial charge in [-0.05, 0) is 47.7 Å². The highest BCUT2D eigenvalue weighted by atomic mass is 16.3. The first kappa shape index (κ1) is 13.3. The Hall–Kier alpha value is -2.16. The summed E-state index contributed by atoms with van der Waals surface area (Å²) in [6.45, 7) is 3.87. The lowest BCUT2D eigenvalue weighted by molar-refractivity contribution is 0.396. The molecule has 3 heteroatoms. The van der Waals surface area contributed by atoms with Gasteiger partial charge in [0.25, 0.3) is 0 Å². The van der Waals surface area contributed by atoms with E-state index in [1.165, 1.54) is 0 Å². The van der Waals surface area contributed by atoms with Crippen molar-refractivity contribution in [1.82, 2.24) is 0 Å². The van der Waals surface area contributed by atoms with Crippen molar-refractivity contribution in [1.29, 1.82) is 0 Å². The fraction of sp³-hybridized carbons (Fsp3) is 0.250. The van der Waals surface area contributed by atoms with Crippen LogP contribution in [0.5, 0.6) is 17.2 Å². The molecule has 0 spiro atoms. The molecule has 100 valence electrons. The van der Waals surface area contributed by atoms with Gasteiger partial charge >= 0.3 is 0 Å². The van der Waals surface area contributed by atoms with E-state index in [1.807, 2.05) is 19.9 Å². The molecule has 0 fully saturated rings. The molecule has 0 saturated heterocycles. The molecule has 19 heavy (non-hydrogen) atoms. The van der Waals surface area contributed by atoms with Crippen molar-refractivity contribution in [3.8, 4) is 28.4 Å². The zero-order chi connectivity index (χ0) is 14.0. The fourth-order valence-electron chi connectivity index (χ4n) is 2.28. The van der Waals surface area contributed by atoms with Gasteiger partial charge in [0.2, 0.25) is 0 Å². The molecule has 0 aliphatic carbocycles. The van der Waals surface area contributed by atoms with Crippen molar-refractivity contribution in [3.63, 3.8) is 0 Å². The largest absolute Gasteiger partial charge is 0.508 e. The van der Waals surface area contributed by atoms with Gasteiger partial charge in [-0.1, -0.05) is 26.0 Å². The minimum atomic E-state index is -0.0371. The van der Waals surface area contributed by atoms with Crippen molar-refractivity contribution in [3.05, 3.63) is 41.5 Å².